The summed E-state index contributed by atoms with van der Waals surface area (Å²) in [6.07, 6.45) is 1.65. The number of thiazole rings is 1. The van der Waals surface area contributed by atoms with Crippen molar-refractivity contribution in [3.05, 3.63) is 29.5 Å². The molecule has 0 aliphatic rings. The summed E-state index contributed by atoms with van der Waals surface area (Å²) in [6.45, 7) is 4.19. The molecule has 0 fully saturated rings. The molecule has 0 bridgehead atoms. The second kappa shape index (κ2) is 4.16. The maximum Gasteiger partial charge on any atom is 0.162 e. The smallest absolute Gasteiger partial charge is 0.162 e. The Bertz CT molecular complexity index is 419. The molecule has 0 amide bonds. The van der Waals surface area contributed by atoms with Crippen molar-refractivity contribution in [2.45, 2.75) is 19.9 Å². The van der Waals surface area contributed by atoms with Crippen LogP contribution in [0.1, 0.15) is 25.6 Å². The Morgan fingerprint density at radius 2 is 2.27 bits per heavy atom. The highest BCUT2D eigenvalue weighted by Gasteiger charge is 2.15. The van der Waals surface area contributed by atoms with Gasteiger partial charge in [-0.15, -0.1) is 11.3 Å². The summed E-state index contributed by atoms with van der Waals surface area (Å²) in [5, 5.41) is 2.90. The van der Waals surface area contributed by atoms with Gasteiger partial charge in [-0.05, 0) is 18.1 Å². The molecule has 0 spiro atoms. The SMILES string of the molecule is CC(C)C(N)c1csc(-c2ccco2)n1. The van der Waals surface area contributed by atoms with E-state index in [4.69, 9.17) is 10.2 Å². The third kappa shape index (κ3) is 2.11. The third-order valence-electron chi connectivity index (χ3n) is 2.31. The Balaban J connectivity index is 2.25. The zero-order chi connectivity index (χ0) is 10.8. The molecule has 2 aromatic rings. The minimum atomic E-state index is 0.00459. The molecule has 2 heterocycles. The summed E-state index contributed by atoms with van der Waals surface area (Å²) in [5.74, 6) is 1.21. The van der Waals surface area contributed by atoms with E-state index < -0.39 is 0 Å². The molecule has 0 aliphatic carbocycles. The zero-order valence-electron chi connectivity index (χ0n) is 8.81. The maximum absolute atomic E-state index is 6.02. The molecule has 1 unspecified atom stereocenters. The number of rotatable bonds is 3. The molecule has 4 heteroatoms. The van der Waals surface area contributed by atoms with Gasteiger partial charge in [0.25, 0.3) is 0 Å². The van der Waals surface area contributed by atoms with E-state index in [1.54, 1.807) is 17.6 Å². The molecule has 0 aromatic carbocycles. The number of furan rings is 1. The monoisotopic (exact) mass is 222 g/mol. The van der Waals surface area contributed by atoms with Gasteiger partial charge in [0.15, 0.2) is 10.8 Å². The quantitative estimate of drug-likeness (QED) is 0.868. The van der Waals surface area contributed by atoms with Gasteiger partial charge < -0.3 is 10.2 Å². The fourth-order valence-corrected chi connectivity index (χ4v) is 2.13. The van der Waals surface area contributed by atoms with Gasteiger partial charge in [0.2, 0.25) is 0 Å². The van der Waals surface area contributed by atoms with Crippen molar-refractivity contribution in [2.75, 3.05) is 0 Å². The first-order valence-electron chi connectivity index (χ1n) is 4.93. The summed E-state index contributed by atoms with van der Waals surface area (Å²) < 4.78 is 5.28. The molecule has 0 saturated heterocycles. The van der Waals surface area contributed by atoms with Gasteiger partial charge in [0, 0.05) is 5.38 Å². The molecule has 0 saturated carbocycles. The first kappa shape index (κ1) is 10.4. The minimum Gasteiger partial charge on any atom is -0.462 e. The average molecular weight is 222 g/mol. The first-order chi connectivity index (χ1) is 7.18. The molecule has 80 valence electrons. The Labute approximate surface area is 92.9 Å². The molecule has 15 heavy (non-hydrogen) atoms. The molecule has 0 radical (unpaired) electrons. The van der Waals surface area contributed by atoms with Crippen LogP contribution in [-0.2, 0) is 0 Å². The summed E-state index contributed by atoms with van der Waals surface area (Å²) in [6, 6.07) is 3.77. The van der Waals surface area contributed by atoms with Crippen LogP contribution >= 0.6 is 11.3 Å². The lowest BCUT2D eigenvalue weighted by molar-refractivity contribution is 0.505. The molecule has 1 atom stereocenters. The van der Waals surface area contributed by atoms with E-state index in [0.29, 0.717) is 5.92 Å². The number of nitrogens with zero attached hydrogens (tertiary/aromatic N) is 1. The highest BCUT2D eigenvalue weighted by Crippen LogP contribution is 2.27. The molecule has 2 aromatic heterocycles. The van der Waals surface area contributed by atoms with Crippen LogP contribution in [0.3, 0.4) is 0 Å². The van der Waals surface area contributed by atoms with Crippen LogP contribution in [0, 0.1) is 5.92 Å². The van der Waals surface area contributed by atoms with Crippen molar-refractivity contribution >= 4 is 11.3 Å². The number of nitrogens with two attached hydrogens (primary N) is 1. The van der Waals surface area contributed by atoms with Gasteiger partial charge in [-0.2, -0.15) is 0 Å². The summed E-state index contributed by atoms with van der Waals surface area (Å²) >= 11 is 1.57. The Kier molecular flexibility index (Phi) is 2.88. The first-order valence-corrected chi connectivity index (χ1v) is 5.81. The van der Waals surface area contributed by atoms with Crippen molar-refractivity contribution in [1.29, 1.82) is 0 Å². The van der Waals surface area contributed by atoms with Crippen molar-refractivity contribution in [2.24, 2.45) is 11.7 Å². The zero-order valence-corrected chi connectivity index (χ0v) is 9.62. The standard InChI is InChI=1S/C11H14N2OS/c1-7(2)10(12)8-6-15-11(13-8)9-4-3-5-14-9/h3-7,10H,12H2,1-2H3. The van der Waals surface area contributed by atoms with Crippen LogP contribution < -0.4 is 5.73 Å². The normalized spacial score (nSPS) is 13.3. The highest BCUT2D eigenvalue weighted by molar-refractivity contribution is 7.13. The van der Waals surface area contributed by atoms with Crippen LogP contribution in [0.15, 0.2) is 28.2 Å². The van der Waals surface area contributed by atoms with Crippen molar-refractivity contribution in [1.82, 2.24) is 4.98 Å². The van der Waals surface area contributed by atoms with Gasteiger partial charge in [-0.25, -0.2) is 4.98 Å². The summed E-state index contributed by atoms with van der Waals surface area (Å²) in [4.78, 5) is 4.47. The van der Waals surface area contributed by atoms with E-state index in [1.165, 1.54) is 0 Å². The van der Waals surface area contributed by atoms with Crippen molar-refractivity contribution < 1.29 is 4.42 Å². The molecular weight excluding hydrogens is 208 g/mol. The van der Waals surface area contributed by atoms with E-state index in [1.807, 2.05) is 17.5 Å². The van der Waals surface area contributed by atoms with Gasteiger partial charge in [0.1, 0.15) is 0 Å². The maximum atomic E-state index is 6.02. The number of hydrogen-bond acceptors (Lipinski definition) is 4. The topological polar surface area (TPSA) is 52.0 Å². The molecule has 2 N–H and O–H groups in total. The van der Waals surface area contributed by atoms with Crippen LogP contribution in [0.4, 0.5) is 0 Å². The Morgan fingerprint density at radius 1 is 1.47 bits per heavy atom. The minimum absolute atomic E-state index is 0.00459. The molecule has 0 aliphatic heterocycles. The van der Waals surface area contributed by atoms with E-state index in [2.05, 4.69) is 18.8 Å². The van der Waals surface area contributed by atoms with E-state index in [0.717, 1.165) is 16.5 Å². The van der Waals surface area contributed by atoms with Crippen LogP contribution in [-0.4, -0.2) is 4.98 Å². The van der Waals surface area contributed by atoms with E-state index >= 15 is 0 Å². The van der Waals surface area contributed by atoms with Gasteiger partial charge in [-0.3, -0.25) is 0 Å². The number of hydrogen-bond donors (Lipinski definition) is 1. The fourth-order valence-electron chi connectivity index (χ4n) is 1.29. The predicted octanol–water partition coefficient (Wildman–Crippen LogP) is 3.06. The lowest BCUT2D eigenvalue weighted by Gasteiger charge is -2.11. The van der Waals surface area contributed by atoms with Crippen molar-refractivity contribution in [3.63, 3.8) is 0 Å². The molecule has 3 nitrogen and oxygen atoms in total. The third-order valence-corrected chi connectivity index (χ3v) is 3.19. The highest BCUT2D eigenvalue weighted by atomic mass is 32.1. The molecule has 2 rings (SSSR count). The second-order valence-electron chi connectivity index (χ2n) is 3.82. The van der Waals surface area contributed by atoms with E-state index in [9.17, 15) is 0 Å². The largest absolute Gasteiger partial charge is 0.462 e. The van der Waals surface area contributed by atoms with Crippen LogP contribution in [0.5, 0.6) is 0 Å². The number of aromatic nitrogens is 1. The van der Waals surface area contributed by atoms with Crippen molar-refractivity contribution in [3.8, 4) is 10.8 Å². The Morgan fingerprint density at radius 3 is 2.87 bits per heavy atom. The van der Waals surface area contributed by atoms with Crippen LogP contribution in [0.25, 0.3) is 10.8 Å². The van der Waals surface area contributed by atoms with Gasteiger partial charge in [-0.1, -0.05) is 13.8 Å². The summed E-state index contributed by atoms with van der Waals surface area (Å²) in [7, 11) is 0. The van der Waals surface area contributed by atoms with Gasteiger partial charge >= 0.3 is 0 Å². The second-order valence-corrected chi connectivity index (χ2v) is 4.68. The van der Waals surface area contributed by atoms with E-state index in [-0.39, 0.29) is 6.04 Å². The lowest BCUT2D eigenvalue weighted by atomic mass is 10.0. The predicted molar refractivity (Wildman–Crippen MR) is 61.6 cm³/mol. The Hall–Kier alpha value is -1.13. The lowest BCUT2D eigenvalue weighted by Crippen LogP contribution is -2.16. The summed E-state index contributed by atoms with van der Waals surface area (Å²) in [5.41, 5.74) is 6.96. The molecular formula is C11H14N2OS. The van der Waals surface area contributed by atoms with Crippen LogP contribution in [0.2, 0.25) is 0 Å². The average Bonchev–Trinajstić information content (AvgIpc) is 2.86. The van der Waals surface area contributed by atoms with Gasteiger partial charge in [0.05, 0.1) is 18.0 Å². The fraction of sp³-hybridized carbons (Fsp3) is 0.364.